The van der Waals surface area contributed by atoms with Gasteiger partial charge >= 0.3 is 0 Å². The lowest BCUT2D eigenvalue weighted by molar-refractivity contribution is 0.108. The second kappa shape index (κ2) is 8.63. The van der Waals surface area contributed by atoms with Gasteiger partial charge in [-0.1, -0.05) is 0 Å². The normalized spacial score (nSPS) is 23.9. The predicted molar refractivity (Wildman–Crippen MR) is 118 cm³/mol. The van der Waals surface area contributed by atoms with Crippen LogP contribution in [-0.4, -0.2) is 46.1 Å². The highest BCUT2D eigenvalue weighted by Gasteiger charge is 2.31. The third kappa shape index (κ3) is 3.97. The summed E-state index contributed by atoms with van der Waals surface area (Å²) in [6.07, 6.45) is 15.4. The minimum absolute atomic E-state index is 0.264. The number of fused-ring (bicyclic) bond motifs is 3. The highest BCUT2D eigenvalue weighted by Crippen LogP contribution is 2.47. The van der Waals surface area contributed by atoms with Gasteiger partial charge in [-0.2, -0.15) is 0 Å². The number of oxazole rings is 1. The van der Waals surface area contributed by atoms with Gasteiger partial charge in [0.05, 0.1) is 11.6 Å². The maximum Gasteiger partial charge on any atom is 0.225 e. The summed E-state index contributed by atoms with van der Waals surface area (Å²) < 4.78 is 11.9. The number of aryl methyl sites for hydroxylation is 2. The molecule has 5 rings (SSSR count). The Hall–Kier alpha value is -1.99. The Labute approximate surface area is 181 Å². The van der Waals surface area contributed by atoms with E-state index in [0.717, 1.165) is 55.1 Å². The van der Waals surface area contributed by atoms with Crippen molar-refractivity contribution >= 4 is 21.6 Å². The summed E-state index contributed by atoms with van der Waals surface area (Å²) >= 11 is 1.83. The van der Waals surface area contributed by atoms with Crippen LogP contribution in [0.5, 0.6) is 5.88 Å². The number of hydrogen-bond acceptors (Lipinski definition) is 7. The van der Waals surface area contributed by atoms with Gasteiger partial charge in [-0.3, -0.25) is 0 Å². The van der Waals surface area contributed by atoms with E-state index in [9.17, 15) is 0 Å². The lowest BCUT2D eigenvalue weighted by Gasteiger charge is -2.32. The highest BCUT2D eigenvalue weighted by molar-refractivity contribution is 7.19. The van der Waals surface area contributed by atoms with E-state index in [0.29, 0.717) is 12.0 Å². The lowest BCUT2D eigenvalue weighted by Crippen LogP contribution is -2.35. The van der Waals surface area contributed by atoms with Gasteiger partial charge in [-0.25, -0.2) is 15.0 Å². The van der Waals surface area contributed by atoms with Crippen LogP contribution in [0.25, 0.3) is 10.2 Å². The Bertz CT molecular complexity index is 977. The number of thiophene rings is 1. The summed E-state index contributed by atoms with van der Waals surface area (Å²) in [6.45, 7) is 0. The second-order valence-corrected chi connectivity index (χ2v) is 9.95. The molecule has 1 saturated carbocycles. The monoisotopic (exact) mass is 426 g/mol. The van der Waals surface area contributed by atoms with Crippen LogP contribution in [0.15, 0.2) is 23.2 Å². The maximum atomic E-state index is 6.50. The molecule has 0 saturated heterocycles. The first-order valence-corrected chi connectivity index (χ1v) is 12.0. The Kier molecular flexibility index (Phi) is 5.74. The van der Waals surface area contributed by atoms with Crippen molar-refractivity contribution in [1.29, 1.82) is 0 Å². The average Bonchev–Trinajstić information content (AvgIpc) is 3.46. The predicted octanol–water partition coefficient (Wildman–Crippen LogP) is 4.98. The molecule has 2 aliphatic carbocycles. The molecule has 0 amide bonds. The van der Waals surface area contributed by atoms with E-state index < -0.39 is 0 Å². The first-order chi connectivity index (χ1) is 14.7. The number of nitrogens with zero attached hydrogens (tertiary/aromatic N) is 4. The molecular formula is C23H30N4O2S. The summed E-state index contributed by atoms with van der Waals surface area (Å²) in [5.74, 6) is 2.20. The molecule has 1 atom stereocenters. The van der Waals surface area contributed by atoms with Crippen molar-refractivity contribution in [2.45, 2.75) is 75.9 Å². The molecule has 7 heteroatoms. The molecule has 1 unspecified atom stereocenters. The molecule has 0 bridgehead atoms. The number of hydrogen-bond donors (Lipinski definition) is 0. The van der Waals surface area contributed by atoms with E-state index in [-0.39, 0.29) is 6.10 Å². The first kappa shape index (κ1) is 19.9. The number of aromatic nitrogens is 3. The van der Waals surface area contributed by atoms with E-state index >= 15 is 0 Å². The topological polar surface area (TPSA) is 64.3 Å². The summed E-state index contributed by atoms with van der Waals surface area (Å²) in [4.78, 5) is 18.3. The van der Waals surface area contributed by atoms with E-state index in [1.165, 1.54) is 35.1 Å². The van der Waals surface area contributed by atoms with Gasteiger partial charge in [0.15, 0.2) is 5.89 Å². The summed E-state index contributed by atoms with van der Waals surface area (Å²) in [5, 5.41) is 1.19. The minimum atomic E-state index is 0.264. The molecule has 0 spiro atoms. The fourth-order valence-electron chi connectivity index (χ4n) is 5.13. The van der Waals surface area contributed by atoms with Crippen molar-refractivity contribution in [2.75, 3.05) is 14.1 Å². The van der Waals surface area contributed by atoms with Crippen molar-refractivity contribution in [3.63, 3.8) is 0 Å². The van der Waals surface area contributed by atoms with E-state index in [2.05, 4.69) is 33.9 Å². The molecule has 0 N–H and O–H groups in total. The van der Waals surface area contributed by atoms with Gasteiger partial charge in [-0.15, -0.1) is 11.3 Å². The Morgan fingerprint density at radius 1 is 1.13 bits per heavy atom. The van der Waals surface area contributed by atoms with Crippen molar-refractivity contribution in [3.05, 3.63) is 35.1 Å². The molecular weight excluding hydrogens is 396 g/mol. The molecule has 0 radical (unpaired) electrons. The van der Waals surface area contributed by atoms with Crippen LogP contribution < -0.4 is 4.74 Å². The quantitative estimate of drug-likeness (QED) is 0.531. The molecule has 30 heavy (non-hydrogen) atoms. The molecule has 0 aliphatic heterocycles. The third-order valence-corrected chi connectivity index (χ3v) is 7.95. The van der Waals surface area contributed by atoms with Crippen LogP contribution in [0.3, 0.4) is 0 Å². The van der Waals surface area contributed by atoms with E-state index in [4.69, 9.17) is 9.15 Å². The number of rotatable bonds is 7. The zero-order valence-electron chi connectivity index (χ0n) is 17.8. The van der Waals surface area contributed by atoms with E-state index in [1.807, 2.05) is 11.3 Å². The van der Waals surface area contributed by atoms with Gasteiger partial charge in [0.25, 0.3) is 0 Å². The van der Waals surface area contributed by atoms with Crippen LogP contribution in [0.2, 0.25) is 0 Å². The van der Waals surface area contributed by atoms with Crippen molar-refractivity contribution in [2.24, 2.45) is 0 Å². The Morgan fingerprint density at radius 2 is 2.00 bits per heavy atom. The molecule has 6 nitrogen and oxygen atoms in total. The van der Waals surface area contributed by atoms with Crippen molar-refractivity contribution in [3.8, 4) is 5.88 Å². The summed E-state index contributed by atoms with van der Waals surface area (Å²) in [7, 11) is 4.35. The average molecular weight is 427 g/mol. The standard InChI is InChI=1S/C23H30N4O2S/c1-27(2)16-7-9-17(10-8-16)29-22-21-20-15(4-3-5-19-24-12-13-28-19)6-11-18(20)30-23(21)26-14-25-22/h12-17H,3-11H2,1-2H3. The number of ether oxygens (including phenoxy) is 1. The molecule has 1 fully saturated rings. The third-order valence-electron chi connectivity index (χ3n) is 6.77. The van der Waals surface area contributed by atoms with Crippen LogP contribution in [0, 0.1) is 0 Å². The molecule has 3 aromatic rings. The van der Waals surface area contributed by atoms with Gasteiger partial charge in [0.1, 0.15) is 23.5 Å². The van der Waals surface area contributed by atoms with Crippen LogP contribution in [0.4, 0.5) is 0 Å². The van der Waals surface area contributed by atoms with Crippen LogP contribution in [-0.2, 0) is 12.8 Å². The lowest BCUT2D eigenvalue weighted by atomic mass is 9.92. The maximum absolute atomic E-state index is 6.50. The largest absolute Gasteiger partial charge is 0.474 e. The zero-order chi connectivity index (χ0) is 20.5. The second-order valence-electron chi connectivity index (χ2n) is 8.86. The SMILES string of the molecule is CN(C)C1CCC(Oc2ncnc3sc4c(c23)C(CCCc2ncco2)CC4)CC1. The molecule has 3 heterocycles. The fourth-order valence-corrected chi connectivity index (χ4v) is 6.36. The minimum Gasteiger partial charge on any atom is -0.474 e. The van der Waals surface area contributed by atoms with Gasteiger partial charge in [0.2, 0.25) is 5.88 Å². The Balaban J connectivity index is 1.32. The molecule has 2 aliphatic rings. The fraction of sp³-hybridized carbons (Fsp3) is 0.609. The molecule has 160 valence electrons. The zero-order valence-corrected chi connectivity index (χ0v) is 18.7. The summed E-state index contributed by atoms with van der Waals surface area (Å²) in [5.41, 5.74) is 1.46. The van der Waals surface area contributed by atoms with Gasteiger partial charge < -0.3 is 14.1 Å². The summed E-state index contributed by atoms with van der Waals surface area (Å²) in [6, 6.07) is 0.675. The smallest absolute Gasteiger partial charge is 0.225 e. The van der Waals surface area contributed by atoms with Gasteiger partial charge in [0, 0.05) is 17.3 Å². The van der Waals surface area contributed by atoms with Crippen LogP contribution >= 0.6 is 11.3 Å². The van der Waals surface area contributed by atoms with Crippen LogP contribution in [0.1, 0.15) is 67.2 Å². The highest BCUT2D eigenvalue weighted by atomic mass is 32.1. The molecule has 0 aromatic carbocycles. The van der Waals surface area contributed by atoms with Crippen molar-refractivity contribution < 1.29 is 9.15 Å². The van der Waals surface area contributed by atoms with Gasteiger partial charge in [-0.05, 0) is 76.9 Å². The van der Waals surface area contributed by atoms with E-state index in [1.54, 1.807) is 18.8 Å². The first-order valence-electron chi connectivity index (χ1n) is 11.2. The molecule has 3 aromatic heterocycles. The van der Waals surface area contributed by atoms with Crippen molar-refractivity contribution in [1.82, 2.24) is 19.9 Å². The Morgan fingerprint density at radius 3 is 2.77 bits per heavy atom.